The summed E-state index contributed by atoms with van der Waals surface area (Å²) in [6, 6.07) is 0. The fourth-order valence-electron chi connectivity index (χ4n) is 1.79. The van der Waals surface area contributed by atoms with E-state index in [1.54, 1.807) is 12.4 Å². The van der Waals surface area contributed by atoms with E-state index >= 15 is 0 Å². The highest BCUT2D eigenvalue weighted by molar-refractivity contribution is 5.92. The molecule has 0 amide bonds. The largest absolute Gasteiger partial charge is 0.462 e. The molecule has 2 aliphatic rings. The highest BCUT2D eigenvalue weighted by Gasteiger charge is 2.31. The third-order valence-corrected chi connectivity index (χ3v) is 2.58. The van der Waals surface area contributed by atoms with Gasteiger partial charge in [0.25, 0.3) is 0 Å². The lowest BCUT2D eigenvalue weighted by Crippen LogP contribution is -2.19. The normalized spacial score (nSPS) is 24.0. The van der Waals surface area contributed by atoms with Crippen LogP contribution in [-0.4, -0.2) is 24.2 Å². The van der Waals surface area contributed by atoms with Crippen molar-refractivity contribution in [1.29, 1.82) is 0 Å². The van der Waals surface area contributed by atoms with Gasteiger partial charge < -0.3 is 9.47 Å². The molecule has 2 aliphatic heterocycles. The number of epoxide rings is 1. The Labute approximate surface area is 80.9 Å². The predicted octanol–water partition coefficient (Wildman–Crippen LogP) is 0.866. The van der Waals surface area contributed by atoms with Crippen molar-refractivity contribution >= 4 is 5.97 Å². The Kier molecular flexibility index (Phi) is 1.58. The average Bonchev–Trinajstić information content (AvgIpc) is 3.01. The molecule has 0 saturated carbocycles. The van der Waals surface area contributed by atoms with Gasteiger partial charge in [0.2, 0.25) is 0 Å². The second kappa shape index (κ2) is 2.78. The Hall–Kier alpha value is -1.42. The molecule has 1 atom stereocenters. The molecule has 4 heteroatoms. The number of hydrogen-bond acceptors (Lipinski definition) is 4. The van der Waals surface area contributed by atoms with Crippen LogP contribution in [0.1, 0.15) is 27.6 Å². The number of fused-ring (bicyclic) bond motifs is 1. The number of nitrogens with zero attached hydrogens (tertiary/aromatic N) is 1. The summed E-state index contributed by atoms with van der Waals surface area (Å²) in [5.41, 5.74) is 2.71. The maximum Gasteiger partial charge on any atom is 0.340 e. The molecule has 1 fully saturated rings. The SMILES string of the molecule is O=C1OCCc2c1cncc2C1CO1. The fraction of sp³-hybridized carbons (Fsp3) is 0.400. The van der Waals surface area contributed by atoms with Gasteiger partial charge in [0.05, 0.1) is 18.8 Å². The van der Waals surface area contributed by atoms with E-state index in [2.05, 4.69) is 4.98 Å². The molecule has 1 aromatic rings. The number of aromatic nitrogens is 1. The summed E-state index contributed by atoms with van der Waals surface area (Å²) >= 11 is 0. The van der Waals surface area contributed by atoms with Crippen molar-refractivity contribution in [2.24, 2.45) is 0 Å². The zero-order valence-electron chi connectivity index (χ0n) is 7.53. The number of carbonyl (C=O) groups is 1. The number of pyridine rings is 1. The van der Waals surface area contributed by atoms with Crippen LogP contribution in [-0.2, 0) is 15.9 Å². The first-order chi connectivity index (χ1) is 6.86. The number of rotatable bonds is 1. The van der Waals surface area contributed by atoms with Gasteiger partial charge in [0.15, 0.2) is 0 Å². The molecular weight excluding hydrogens is 182 g/mol. The minimum absolute atomic E-state index is 0.156. The molecule has 0 spiro atoms. The van der Waals surface area contributed by atoms with Crippen LogP contribution in [0, 0.1) is 0 Å². The van der Waals surface area contributed by atoms with Crippen molar-refractivity contribution in [3.05, 3.63) is 29.1 Å². The fourth-order valence-corrected chi connectivity index (χ4v) is 1.79. The summed E-state index contributed by atoms with van der Waals surface area (Å²) < 4.78 is 10.1. The third kappa shape index (κ3) is 1.11. The third-order valence-electron chi connectivity index (χ3n) is 2.58. The van der Waals surface area contributed by atoms with Gasteiger partial charge in [-0.2, -0.15) is 0 Å². The van der Waals surface area contributed by atoms with Crippen LogP contribution in [0.3, 0.4) is 0 Å². The summed E-state index contributed by atoms with van der Waals surface area (Å²) in [5.74, 6) is -0.263. The summed E-state index contributed by atoms with van der Waals surface area (Å²) in [7, 11) is 0. The van der Waals surface area contributed by atoms with Crippen LogP contribution >= 0.6 is 0 Å². The van der Waals surface area contributed by atoms with Crippen molar-refractivity contribution in [1.82, 2.24) is 4.98 Å². The minimum atomic E-state index is -0.263. The molecule has 1 unspecified atom stereocenters. The molecule has 1 aromatic heterocycles. The van der Waals surface area contributed by atoms with Crippen LogP contribution in [0.2, 0.25) is 0 Å². The van der Waals surface area contributed by atoms with Crippen LogP contribution in [0.4, 0.5) is 0 Å². The van der Waals surface area contributed by atoms with Crippen molar-refractivity contribution in [2.75, 3.05) is 13.2 Å². The summed E-state index contributed by atoms with van der Waals surface area (Å²) in [4.78, 5) is 15.4. The van der Waals surface area contributed by atoms with Gasteiger partial charge in [-0.05, 0) is 5.56 Å². The number of ether oxygens (including phenoxy) is 2. The summed E-state index contributed by atoms with van der Waals surface area (Å²) in [6.07, 6.45) is 4.29. The summed E-state index contributed by atoms with van der Waals surface area (Å²) in [5, 5.41) is 0. The lowest BCUT2D eigenvalue weighted by molar-refractivity contribution is 0.0478. The number of esters is 1. The Morgan fingerprint density at radius 1 is 1.43 bits per heavy atom. The standard InChI is InChI=1S/C10H9NO3/c12-10-8-4-11-3-7(9-5-14-9)6(8)1-2-13-10/h3-4,9H,1-2,5H2. The van der Waals surface area contributed by atoms with E-state index in [9.17, 15) is 4.79 Å². The lowest BCUT2D eigenvalue weighted by atomic mass is 9.98. The van der Waals surface area contributed by atoms with Crippen LogP contribution < -0.4 is 0 Å². The van der Waals surface area contributed by atoms with E-state index in [1.165, 1.54) is 0 Å². The van der Waals surface area contributed by atoms with Crippen molar-refractivity contribution < 1.29 is 14.3 Å². The predicted molar refractivity (Wildman–Crippen MR) is 46.9 cm³/mol. The van der Waals surface area contributed by atoms with E-state index in [-0.39, 0.29) is 12.1 Å². The van der Waals surface area contributed by atoms with E-state index in [0.29, 0.717) is 12.2 Å². The van der Waals surface area contributed by atoms with E-state index < -0.39 is 0 Å². The molecule has 14 heavy (non-hydrogen) atoms. The number of carbonyl (C=O) groups excluding carboxylic acids is 1. The van der Waals surface area contributed by atoms with Gasteiger partial charge in [0.1, 0.15) is 6.10 Å². The molecule has 0 radical (unpaired) electrons. The Morgan fingerprint density at radius 2 is 2.29 bits per heavy atom. The molecule has 0 aromatic carbocycles. The molecule has 0 bridgehead atoms. The second-order valence-corrected chi connectivity index (χ2v) is 3.46. The molecule has 1 saturated heterocycles. The Balaban J connectivity index is 2.13. The summed E-state index contributed by atoms with van der Waals surface area (Å²) in [6.45, 7) is 1.21. The maximum absolute atomic E-state index is 11.4. The van der Waals surface area contributed by atoms with Gasteiger partial charge in [-0.3, -0.25) is 4.98 Å². The lowest BCUT2D eigenvalue weighted by Gasteiger charge is -2.17. The number of hydrogen-bond donors (Lipinski definition) is 0. The van der Waals surface area contributed by atoms with Gasteiger partial charge in [-0.1, -0.05) is 0 Å². The van der Waals surface area contributed by atoms with Crippen molar-refractivity contribution in [3.8, 4) is 0 Å². The smallest absolute Gasteiger partial charge is 0.340 e. The van der Waals surface area contributed by atoms with Gasteiger partial charge >= 0.3 is 5.97 Å². The monoisotopic (exact) mass is 191 g/mol. The molecule has 4 nitrogen and oxygen atoms in total. The molecular formula is C10H9NO3. The zero-order valence-corrected chi connectivity index (χ0v) is 7.53. The van der Waals surface area contributed by atoms with E-state index in [1.807, 2.05) is 0 Å². The highest BCUT2D eigenvalue weighted by Crippen LogP contribution is 2.34. The molecule has 0 N–H and O–H groups in total. The van der Waals surface area contributed by atoms with Crippen LogP contribution in [0.15, 0.2) is 12.4 Å². The number of cyclic esters (lactones) is 1. The van der Waals surface area contributed by atoms with Crippen LogP contribution in [0.25, 0.3) is 0 Å². The van der Waals surface area contributed by atoms with E-state index in [0.717, 1.165) is 24.2 Å². The minimum Gasteiger partial charge on any atom is -0.462 e. The van der Waals surface area contributed by atoms with Gasteiger partial charge in [-0.15, -0.1) is 0 Å². The van der Waals surface area contributed by atoms with Gasteiger partial charge in [0, 0.05) is 24.4 Å². The molecule has 0 aliphatic carbocycles. The van der Waals surface area contributed by atoms with Crippen molar-refractivity contribution in [2.45, 2.75) is 12.5 Å². The molecule has 3 rings (SSSR count). The van der Waals surface area contributed by atoms with Gasteiger partial charge in [-0.25, -0.2) is 4.79 Å². The Bertz CT molecular complexity index is 398. The quantitative estimate of drug-likeness (QED) is 0.488. The molecule has 3 heterocycles. The average molecular weight is 191 g/mol. The maximum atomic E-state index is 11.4. The van der Waals surface area contributed by atoms with E-state index in [4.69, 9.17) is 9.47 Å². The first kappa shape index (κ1) is 7.94. The second-order valence-electron chi connectivity index (χ2n) is 3.46. The Morgan fingerprint density at radius 3 is 3.07 bits per heavy atom. The van der Waals surface area contributed by atoms with Crippen molar-refractivity contribution in [3.63, 3.8) is 0 Å². The molecule has 72 valence electrons. The zero-order chi connectivity index (χ0) is 9.54. The first-order valence-electron chi connectivity index (χ1n) is 4.62. The topological polar surface area (TPSA) is 51.7 Å². The highest BCUT2D eigenvalue weighted by atomic mass is 16.6. The van der Waals surface area contributed by atoms with Crippen LogP contribution in [0.5, 0.6) is 0 Å². The first-order valence-corrected chi connectivity index (χ1v) is 4.62.